The number of anilines is 2. The summed E-state index contributed by atoms with van der Waals surface area (Å²) in [6.45, 7) is 2.01. The second kappa shape index (κ2) is 8.44. The Balaban J connectivity index is 2.08. The summed E-state index contributed by atoms with van der Waals surface area (Å²) in [7, 11) is 0. The van der Waals surface area contributed by atoms with Gasteiger partial charge in [0.05, 0.1) is 11.5 Å². The van der Waals surface area contributed by atoms with Crippen molar-refractivity contribution in [2.24, 2.45) is 0 Å². The van der Waals surface area contributed by atoms with Crippen molar-refractivity contribution in [1.29, 1.82) is 0 Å². The highest BCUT2D eigenvalue weighted by Gasteiger charge is 2.19. The number of carbonyl (C=O) groups is 2. The Morgan fingerprint density at radius 3 is 2.56 bits per heavy atom. The summed E-state index contributed by atoms with van der Waals surface area (Å²) in [6.07, 6.45) is 0. The quantitative estimate of drug-likeness (QED) is 0.454. The van der Waals surface area contributed by atoms with Crippen molar-refractivity contribution in [3.05, 3.63) is 64.2 Å². The zero-order valence-electron chi connectivity index (χ0n) is 13.5. The zero-order valence-corrected chi connectivity index (χ0v) is 13.5. The van der Waals surface area contributed by atoms with E-state index in [9.17, 15) is 19.7 Å². The molecule has 2 aromatic carbocycles. The van der Waals surface area contributed by atoms with Gasteiger partial charge in [0.2, 0.25) is 0 Å². The smallest absolute Gasteiger partial charge is 0.325 e. The maximum absolute atomic E-state index is 12.3. The van der Waals surface area contributed by atoms with Gasteiger partial charge in [-0.2, -0.15) is 0 Å². The molecule has 0 fully saturated rings. The summed E-state index contributed by atoms with van der Waals surface area (Å²) in [4.78, 5) is 34.0. The van der Waals surface area contributed by atoms with Gasteiger partial charge >= 0.3 is 5.97 Å². The van der Waals surface area contributed by atoms with E-state index in [1.165, 1.54) is 18.2 Å². The molecule has 8 heteroatoms. The van der Waals surface area contributed by atoms with E-state index in [0.29, 0.717) is 18.0 Å². The lowest BCUT2D eigenvalue weighted by Gasteiger charge is -2.09. The lowest BCUT2D eigenvalue weighted by molar-refractivity contribution is -0.385. The number of hydrogen-bond donors (Lipinski definition) is 2. The number of nitro benzene ring substituents is 1. The molecule has 1 amide bonds. The predicted octanol–water partition coefficient (Wildman–Crippen LogP) is 2.82. The second-order valence-corrected chi connectivity index (χ2v) is 4.97. The Morgan fingerprint density at radius 2 is 1.84 bits per heavy atom. The van der Waals surface area contributed by atoms with E-state index in [2.05, 4.69) is 10.6 Å². The number of benzene rings is 2. The first-order chi connectivity index (χ1) is 12.0. The number of ether oxygens (including phenoxy) is 1. The number of carbonyl (C=O) groups excluding carboxylic acids is 2. The Bertz CT molecular complexity index is 791. The Hall–Kier alpha value is -3.42. The van der Waals surface area contributed by atoms with Crippen LogP contribution in [0, 0.1) is 10.1 Å². The Kier molecular flexibility index (Phi) is 6.05. The Labute approximate surface area is 144 Å². The van der Waals surface area contributed by atoms with Gasteiger partial charge in [0.25, 0.3) is 11.6 Å². The van der Waals surface area contributed by atoms with Gasteiger partial charge in [-0.25, -0.2) is 0 Å². The molecule has 130 valence electrons. The fourth-order valence-electron chi connectivity index (χ4n) is 2.12. The Morgan fingerprint density at radius 1 is 1.12 bits per heavy atom. The van der Waals surface area contributed by atoms with Crippen molar-refractivity contribution in [2.75, 3.05) is 23.8 Å². The van der Waals surface area contributed by atoms with E-state index < -0.39 is 16.8 Å². The maximum Gasteiger partial charge on any atom is 0.325 e. The number of esters is 1. The molecule has 0 saturated heterocycles. The number of nitrogens with one attached hydrogen (secondary N) is 2. The number of amides is 1. The minimum atomic E-state index is -0.605. The molecule has 0 aliphatic rings. The van der Waals surface area contributed by atoms with Crippen LogP contribution in [-0.4, -0.2) is 30.0 Å². The summed E-state index contributed by atoms with van der Waals surface area (Å²) in [6, 6.07) is 12.4. The molecule has 0 atom stereocenters. The largest absolute Gasteiger partial charge is 0.465 e. The fraction of sp³-hybridized carbons (Fsp3) is 0.176. The van der Waals surface area contributed by atoms with E-state index in [0.717, 1.165) is 0 Å². The molecule has 2 rings (SSSR count). The number of nitrogens with zero attached hydrogens (tertiary/aromatic N) is 1. The van der Waals surface area contributed by atoms with Gasteiger partial charge in [-0.15, -0.1) is 0 Å². The van der Waals surface area contributed by atoms with Gasteiger partial charge < -0.3 is 15.4 Å². The second-order valence-electron chi connectivity index (χ2n) is 4.97. The fourth-order valence-corrected chi connectivity index (χ4v) is 2.12. The molecule has 0 heterocycles. The van der Waals surface area contributed by atoms with Gasteiger partial charge in [-0.1, -0.05) is 18.2 Å². The molecule has 8 nitrogen and oxygen atoms in total. The summed E-state index contributed by atoms with van der Waals surface area (Å²) in [5.74, 6) is -0.980. The minimum Gasteiger partial charge on any atom is -0.465 e. The van der Waals surface area contributed by atoms with Crippen molar-refractivity contribution >= 4 is 28.9 Å². The molecule has 0 spiro atoms. The van der Waals surface area contributed by atoms with Crippen molar-refractivity contribution in [2.45, 2.75) is 6.92 Å². The third-order valence-corrected chi connectivity index (χ3v) is 3.21. The molecule has 2 N–H and O–H groups in total. The average Bonchev–Trinajstić information content (AvgIpc) is 2.60. The van der Waals surface area contributed by atoms with Crippen LogP contribution >= 0.6 is 0 Å². The van der Waals surface area contributed by atoms with Crippen LogP contribution < -0.4 is 10.6 Å². The van der Waals surface area contributed by atoms with Crippen LogP contribution in [-0.2, 0) is 9.53 Å². The van der Waals surface area contributed by atoms with Gasteiger partial charge in [0.1, 0.15) is 12.1 Å². The SMILES string of the molecule is CCOC(=O)CNc1cccc(NC(=O)c2ccccc2[N+](=O)[O-])c1. The lowest BCUT2D eigenvalue weighted by atomic mass is 10.1. The van der Waals surface area contributed by atoms with E-state index >= 15 is 0 Å². The van der Waals surface area contributed by atoms with Gasteiger partial charge in [-0.05, 0) is 31.2 Å². The van der Waals surface area contributed by atoms with Crippen LogP contribution in [0.15, 0.2) is 48.5 Å². The topological polar surface area (TPSA) is 111 Å². The predicted molar refractivity (Wildman–Crippen MR) is 92.6 cm³/mol. The van der Waals surface area contributed by atoms with Crippen LogP contribution in [0.25, 0.3) is 0 Å². The highest BCUT2D eigenvalue weighted by atomic mass is 16.6. The van der Waals surface area contributed by atoms with Crippen LogP contribution in [0.3, 0.4) is 0 Å². The van der Waals surface area contributed by atoms with E-state index in [1.54, 1.807) is 37.3 Å². The number of hydrogen-bond acceptors (Lipinski definition) is 6. The van der Waals surface area contributed by atoms with Gasteiger partial charge in [-0.3, -0.25) is 19.7 Å². The van der Waals surface area contributed by atoms with Crippen LogP contribution in [0.4, 0.5) is 17.1 Å². The standard InChI is InChI=1S/C17H17N3O5/c1-2-25-16(21)11-18-12-6-5-7-13(10-12)19-17(22)14-8-3-4-9-15(14)20(23)24/h3-10,18H,2,11H2,1H3,(H,19,22). The zero-order chi connectivity index (χ0) is 18.2. The monoisotopic (exact) mass is 343 g/mol. The molecule has 0 radical (unpaired) electrons. The molecular weight excluding hydrogens is 326 g/mol. The van der Waals surface area contributed by atoms with Crippen LogP contribution in [0.2, 0.25) is 0 Å². The number of nitro groups is 1. The van der Waals surface area contributed by atoms with E-state index in [4.69, 9.17) is 4.74 Å². The van der Waals surface area contributed by atoms with Crippen molar-refractivity contribution in [3.8, 4) is 0 Å². The molecule has 0 bridgehead atoms. The number of rotatable bonds is 7. The highest BCUT2D eigenvalue weighted by molar-refractivity contribution is 6.07. The molecular formula is C17H17N3O5. The first-order valence-corrected chi connectivity index (χ1v) is 7.55. The number of para-hydroxylation sites is 1. The van der Waals surface area contributed by atoms with Gasteiger partial charge in [0.15, 0.2) is 0 Å². The maximum atomic E-state index is 12.3. The molecule has 25 heavy (non-hydrogen) atoms. The van der Waals surface area contributed by atoms with Crippen molar-refractivity contribution in [1.82, 2.24) is 0 Å². The normalized spacial score (nSPS) is 9.96. The van der Waals surface area contributed by atoms with E-state index in [1.807, 2.05) is 0 Å². The molecule has 2 aromatic rings. The van der Waals surface area contributed by atoms with Crippen molar-refractivity contribution < 1.29 is 19.2 Å². The van der Waals surface area contributed by atoms with Crippen LogP contribution in [0.5, 0.6) is 0 Å². The first-order valence-electron chi connectivity index (χ1n) is 7.55. The minimum absolute atomic E-state index is 0.00457. The molecule has 0 saturated carbocycles. The van der Waals surface area contributed by atoms with E-state index in [-0.39, 0.29) is 17.8 Å². The van der Waals surface area contributed by atoms with Crippen LogP contribution in [0.1, 0.15) is 17.3 Å². The van der Waals surface area contributed by atoms with Crippen molar-refractivity contribution in [3.63, 3.8) is 0 Å². The van der Waals surface area contributed by atoms with Gasteiger partial charge in [0, 0.05) is 17.4 Å². The summed E-state index contributed by atoms with van der Waals surface area (Å²) in [5.41, 5.74) is 0.749. The summed E-state index contributed by atoms with van der Waals surface area (Å²) < 4.78 is 4.82. The molecule has 0 unspecified atom stereocenters. The lowest BCUT2D eigenvalue weighted by Crippen LogP contribution is -2.17. The average molecular weight is 343 g/mol. The molecule has 0 aromatic heterocycles. The highest BCUT2D eigenvalue weighted by Crippen LogP contribution is 2.20. The third kappa shape index (κ3) is 5.03. The summed E-state index contributed by atoms with van der Waals surface area (Å²) >= 11 is 0. The third-order valence-electron chi connectivity index (χ3n) is 3.21. The molecule has 0 aliphatic heterocycles. The summed E-state index contributed by atoms with van der Waals surface area (Å²) in [5, 5.41) is 16.5. The first kappa shape index (κ1) is 17.9. The molecule has 0 aliphatic carbocycles.